The van der Waals surface area contributed by atoms with Crippen LogP contribution in [0.3, 0.4) is 0 Å². The maximum atomic E-state index is 13.0. The highest BCUT2D eigenvalue weighted by Crippen LogP contribution is 2.38. The van der Waals surface area contributed by atoms with Crippen molar-refractivity contribution in [1.29, 1.82) is 0 Å². The topological polar surface area (TPSA) is 78.7 Å². The largest absolute Gasteiger partial charge is 0.489 e. The molecule has 0 saturated heterocycles. The number of nitrogens with zero attached hydrogens (tertiary/aromatic N) is 1. The first-order valence-electron chi connectivity index (χ1n) is 11.1. The number of non-ortho nitro benzene ring substituents is 1. The Labute approximate surface area is 202 Å². The number of carbonyl (C=O) groups excluding carboxylic acids is 1. The quantitative estimate of drug-likeness (QED) is 0.179. The Balaban J connectivity index is 1.31. The van der Waals surface area contributed by atoms with E-state index in [1.165, 1.54) is 12.1 Å². The minimum absolute atomic E-state index is 0.0306. The van der Waals surface area contributed by atoms with Gasteiger partial charge in [0.2, 0.25) is 5.78 Å². The fraction of sp³-hybridized carbons (Fsp3) is 0.0690. The van der Waals surface area contributed by atoms with Crippen LogP contribution < -0.4 is 9.47 Å². The SMILES string of the molecule is Cc1cc(OCc2ccc([N+](=O)[O-])cc2)cc2c1C(=O)/C(=C/c1ccc(-c3ccccc3)cc1)O2. The van der Waals surface area contributed by atoms with Crippen LogP contribution in [0.25, 0.3) is 17.2 Å². The number of hydrogen-bond donors (Lipinski definition) is 0. The Morgan fingerprint density at radius 1 is 0.914 bits per heavy atom. The first kappa shape index (κ1) is 22.1. The van der Waals surface area contributed by atoms with Crippen LogP contribution in [0.1, 0.15) is 27.0 Å². The fourth-order valence-corrected chi connectivity index (χ4v) is 4.00. The average Bonchev–Trinajstić information content (AvgIpc) is 3.19. The lowest BCUT2D eigenvalue weighted by atomic mass is 10.0. The molecule has 0 unspecified atom stereocenters. The molecule has 4 aromatic carbocycles. The van der Waals surface area contributed by atoms with Gasteiger partial charge < -0.3 is 9.47 Å². The molecule has 1 aliphatic heterocycles. The van der Waals surface area contributed by atoms with Crippen molar-refractivity contribution in [2.75, 3.05) is 0 Å². The van der Waals surface area contributed by atoms with Crippen LogP contribution in [0, 0.1) is 17.0 Å². The van der Waals surface area contributed by atoms with Crippen LogP contribution in [0.4, 0.5) is 5.69 Å². The molecule has 0 radical (unpaired) electrons. The van der Waals surface area contributed by atoms with E-state index in [1.807, 2.05) is 49.4 Å². The summed E-state index contributed by atoms with van der Waals surface area (Å²) in [6.07, 6.45) is 1.74. The van der Waals surface area contributed by atoms with Crippen molar-refractivity contribution in [1.82, 2.24) is 0 Å². The van der Waals surface area contributed by atoms with E-state index in [2.05, 4.69) is 12.1 Å². The third kappa shape index (κ3) is 4.68. The number of ether oxygens (including phenoxy) is 2. The molecule has 5 rings (SSSR count). The number of benzene rings is 4. The molecule has 0 aromatic heterocycles. The molecule has 0 amide bonds. The van der Waals surface area contributed by atoms with Gasteiger partial charge in [-0.3, -0.25) is 14.9 Å². The van der Waals surface area contributed by atoms with Crippen LogP contribution >= 0.6 is 0 Å². The highest BCUT2D eigenvalue weighted by Gasteiger charge is 2.30. The number of nitro groups is 1. The zero-order valence-corrected chi connectivity index (χ0v) is 18.9. The van der Waals surface area contributed by atoms with Gasteiger partial charge in [0.05, 0.1) is 10.5 Å². The molecule has 172 valence electrons. The Hall–Kier alpha value is -4.71. The third-order valence-electron chi connectivity index (χ3n) is 5.81. The summed E-state index contributed by atoms with van der Waals surface area (Å²) in [5.74, 6) is 1.12. The van der Waals surface area contributed by atoms with Gasteiger partial charge in [-0.25, -0.2) is 0 Å². The van der Waals surface area contributed by atoms with Crippen molar-refractivity contribution in [2.24, 2.45) is 0 Å². The lowest BCUT2D eigenvalue weighted by molar-refractivity contribution is -0.384. The highest BCUT2D eigenvalue weighted by atomic mass is 16.6. The van der Waals surface area contributed by atoms with Crippen LogP contribution in [-0.2, 0) is 6.61 Å². The molecule has 0 N–H and O–H groups in total. The van der Waals surface area contributed by atoms with Crippen molar-refractivity contribution in [3.8, 4) is 22.6 Å². The molecule has 6 nitrogen and oxygen atoms in total. The second-order valence-corrected chi connectivity index (χ2v) is 8.25. The van der Waals surface area contributed by atoms with Gasteiger partial charge in [-0.05, 0) is 59.0 Å². The van der Waals surface area contributed by atoms with Gasteiger partial charge in [0, 0.05) is 18.2 Å². The van der Waals surface area contributed by atoms with E-state index in [-0.39, 0.29) is 23.8 Å². The van der Waals surface area contributed by atoms with Gasteiger partial charge in [-0.1, -0.05) is 54.6 Å². The molecule has 0 saturated carbocycles. The molecule has 6 heteroatoms. The number of aryl methyl sites for hydroxylation is 1. The highest BCUT2D eigenvalue weighted by molar-refractivity contribution is 6.15. The van der Waals surface area contributed by atoms with E-state index < -0.39 is 4.92 Å². The molecular formula is C29H21NO5. The van der Waals surface area contributed by atoms with Crippen molar-refractivity contribution in [3.63, 3.8) is 0 Å². The van der Waals surface area contributed by atoms with E-state index in [1.54, 1.807) is 30.3 Å². The number of ketones is 1. The molecule has 4 aromatic rings. The number of carbonyl (C=O) groups is 1. The normalized spacial score (nSPS) is 13.4. The zero-order valence-electron chi connectivity index (χ0n) is 18.9. The third-order valence-corrected chi connectivity index (χ3v) is 5.81. The first-order chi connectivity index (χ1) is 17.0. The molecule has 1 heterocycles. The summed E-state index contributed by atoms with van der Waals surface area (Å²) in [6, 6.07) is 27.7. The van der Waals surface area contributed by atoms with Crippen molar-refractivity contribution in [2.45, 2.75) is 13.5 Å². The van der Waals surface area contributed by atoms with Gasteiger partial charge >= 0.3 is 0 Å². The summed E-state index contributed by atoms with van der Waals surface area (Å²) >= 11 is 0. The van der Waals surface area contributed by atoms with Gasteiger partial charge in [0.1, 0.15) is 18.1 Å². The van der Waals surface area contributed by atoms with E-state index in [4.69, 9.17) is 9.47 Å². The molecule has 0 spiro atoms. The fourth-order valence-electron chi connectivity index (χ4n) is 4.00. The summed E-state index contributed by atoms with van der Waals surface area (Å²) in [7, 11) is 0. The van der Waals surface area contributed by atoms with Gasteiger partial charge in [-0.2, -0.15) is 0 Å². The summed E-state index contributed by atoms with van der Waals surface area (Å²) in [4.78, 5) is 23.4. The number of Topliss-reactive ketones (excluding diaryl/α,β-unsaturated/α-hetero) is 1. The Morgan fingerprint density at radius 2 is 1.60 bits per heavy atom. The number of nitro benzene ring substituents is 1. The monoisotopic (exact) mass is 463 g/mol. The van der Waals surface area contributed by atoms with Crippen molar-refractivity contribution < 1.29 is 19.2 Å². The number of rotatable bonds is 6. The minimum atomic E-state index is -0.439. The summed E-state index contributed by atoms with van der Waals surface area (Å²) in [5, 5.41) is 10.8. The zero-order chi connectivity index (χ0) is 24.4. The van der Waals surface area contributed by atoms with Crippen LogP contribution in [0.5, 0.6) is 11.5 Å². The Morgan fingerprint density at radius 3 is 2.29 bits per heavy atom. The van der Waals surface area contributed by atoms with E-state index in [9.17, 15) is 14.9 Å². The van der Waals surface area contributed by atoms with E-state index in [0.717, 1.165) is 27.8 Å². The Bertz CT molecular complexity index is 1440. The summed E-state index contributed by atoms with van der Waals surface area (Å²) in [5.41, 5.74) is 5.21. The summed E-state index contributed by atoms with van der Waals surface area (Å²) in [6.45, 7) is 2.08. The predicted octanol–water partition coefficient (Wildman–Crippen LogP) is 6.77. The average molecular weight is 463 g/mol. The second-order valence-electron chi connectivity index (χ2n) is 8.25. The first-order valence-corrected chi connectivity index (χ1v) is 11.1. The van der Waals surface area contributed by atoms with Gasteiger partial charge in [0.15, 0.2) is 5.76 Å². The maximum Gasteiger partial charge on any atom is 0.269 e. The van der Waals surface area contributed by atoms with E-state index in [0.29, 0.717) is 17.1 Å². The van der Waals surface area contributed by atoms with Gasteiger partial charge in [0.25, 0.3) is 5.69 Å². The van der Waals surface area contributed by atoms with Crippen molar-refractivity contribution >= 4 is 17.5 Å². The molecule has 0 fully saturated rings. The second kappa shape index (κ2) is 9.27. The molecule has 0 aliphatic carbocycles. The summed E-state index contributed by atoms with van der Waals surface area (Å²) < 4.78 is 11.8. The van der Waals surface area contributed by atoms with Crippen LogP contribution in [0.2, 0.25) is 0 Å². The molecule has 1 aliphatic rings. The van der Waals surface area contributed by atoms with Crippen LogP contribution in [0.15, 0.2) is 96.8 Å². The van der Waals surface area contributed by atoms with E-state index >= 15 is 0 Å². The smallest absolute Gasteiger partial charge is 0.269 e. The lowest BCUT2D eigenvalue weighted by Crippen LogP contribution is -2.00. The van der Waals surface area contributed by atoms with Crippen molar-refractivity contribution in [3.05, 3.63) is 129 Å². The molecule has 0 bridgehead atoms. The number of hydrogen-bond acceptors (Lipinski definition) is 5. The lowest BCUT2D eigenvalue weighted by Gasteiger charge is -2.09. The number of allylic oxidation sites excluding steroid dienone is 1. The van der Waals surface area contributed by atoms with Gasteiger partial charge in [-0.15, -0.1) is 0 Å². The Kier molecular flexibility index (Phi) is 5.85. The maximum absolute atomic E-state index is 13.0. The van der Waals surface area contributed by atoms with Crippen LogP contribution in [-0.4, -0.2) is 10.7 Å². The molecule has 0 atom stereocenters. The minimum Gasteiger partial charge on any atom is -0.489 e. The molecule has 35 heavy (non-hydrogen) atoms. The number of fused-ring (bicyclic) bond motifs is 1. The molecular weight excluding hydrogens is 442 g/mol. The standard InChI is InChI=1S/C29H21NO5/c1-19-15-25(34-18-21-9-13-24(14-10-21)30(32)33)17-26-28(19)29(31)27(35-26)16-20-7-11-23(12-8-20)22-5-3-2-4-6-22/h2-17H,18H2,1H3/b27-16-. The predicted molar refractivity (Wildman–Crippen MR) is 133 cm³/mol.